The SMILES string of the molecule is CSc1ncnc2[nH]c(C)nc12. The van der Waals surface area contributed by atoms with Gasteiger partial charge in [0.1, 0.15) is 22.7 Å². The Labute approximate surface area is 73.8 Å². The number of hydrogen-bond acceptors (Lipinski definition) is 4. The highest BCUT2D eigenvalue weighted by Crippen LogP contribution is 2.19. The third kappa shape index (κ3) is 1.06. The fraction of sp³-hybridized carbons (Fsp3) is 0.286. The summed E-state index contributed by atoms with van der Waals surface area (Å²) in [5.41, 5.74) is 1.68. The highest BCUT2D eigenvalue weighted by Gasteiger charge is 2.05. The summed E-state index contributed by atoms with van der Waals surface area (Å²) in [4.78, 5) is 15.5. The highest BCUT2D eigenvalue weighted by molar-refractivity contribution is 7.98. The second-order valence-corrected chi connectivity index (χ2v) is 3.20. The van der Waals surface area contributed by atoms with Crippen LogP contribution in [0.15, 0.2) is 11.4 Å². The Morgan fingerprint density at radius 3 is 3.00 bits per heavy atom. The Kier molecular flexibility index (Phi) is 1.73. The maximum absolute atomic E-state index is 4.28. The van der Waals surface area contributed by atoms with Crippen molar-refractivity contribution in [1.82, 2.24) is 19.9 Å². The summed E-state index contributed by atoms with van der Waals surface area (Å²) in [5, 5.41) is 0.921. The first-order valence-electron chi connectivity index (χ1n) is 3.52. The number of aromatic amines is 1. The van der Waals surface area contributed by atoms with E-state index >= 15 is 0 Å². The van der Waals surface area contributed by atoms with Crippen molar-refractivity contribution in [3.05, 3.63) is 12.2 Å². The molecule has 62 valence electrons. The number of rotatable bonds is 1. The molecule has 0 spiro atoms. The molecule has 0 aliphatic rings. The van der Waals surface area contributed by atoms with Crippen molar-refractivity contribution in [3.8, 4) is 0 Å². The maximum Gasteiger partial charge on any atom is 0.161 e. The maximum atomic E-state index is 4.28. The summed E-state index contributed by atoms with van der Waals surface area (Å²) in [6.07, 6.45) is 3.53. The van der Waals surface area contributed by atoms with Crippen LogP contribution in [0.2, 0.25) is 0 Å². The van der Waals surface area contributed by atoms with Gasteiger partial charge in [-0.3, -0.25) is 0 Å². The van der Waals surface area contributed by atoms with Crippen LogP contribution in [0.4, 0.5) is 0 Å². The Morgan fingerprint density at radius 2 is 2.25 bits per heavy atom. The molecule has 0 fully saturated rings. The molecule has 0 atom stereocenters. The average molecular weight is 180 g/mol. The molecular weight excluding hydrogens is 172 g/mol. The van der Waals surface area contributed by atoms with Crippen LogP contribution in [0.3, 0.4) is 0 Å². The van der Waals surface area contributed by atoms with Crippen LogP contribution >= 0.6 is 11.8 Å². The summed E-state index contributed by atoms with van der Waals surface area (Å²) in [7, 11) is 0. The van der Waals surface area contributed by atoms with Gasteiger partial charge in [0.15, 0.2) is 5.65 Å². The Balaban J connectivity index is 2.78. The quantitative estimate of drug-likeness (QED) is 0.532. The Bertz CT molecular complexity index is 409. The predicted molar refractivity (Wildman–Crippen MR) is 48.2 cm³/mol. The van der Waals surface area contributed by atoms with Gasteiger partial charge in [0.2, 0.25) is 0 Å². The van der Waals surface area contributed by atoms with Gasteiger partial charge in [-0.05, 0) is 13.2 Å². The predicted octanol–water partition coefficient (Wildman–Crippen LogP) is 1.38. The largest absolute Gasteiger partial charge is 0.327 e. The van der Waals surface area contributed by atoms with Crippen LogP contribution < -0.4 is 0 Å². The molecule has 12 heavy (non-hydrogen) atoms. The molecule has 0 aromatic carbocycles. The molecule has 0 aliphatic heterocycles. The molecule has 1 N–H and O–H groups in total. The van der Waals surface area contributed by atoms with Crippen molar-refractivity contribution in [2.24, 2.45) is 0 Å². The lowest BCUT2D eigenvalue weighted by molar-refractivity contribution is 1.09. The summed E-state index contributed by atoms with van der Waals surface area (Å²) < 4.78 is 0. The number of aryl methyl sites for hydroxylation is 1. The second kappa shape index (κ2) is 2.75. The van der Waals surface area contributed by atoms with Gasteiger partial charge < -0.3 is 4.98 Å². The van der Waals surface area contributed by atoms with Crippen molar-refractivity contribution in [2.45, 2.75) is 11.9 Å². The fourth-order valence-corrected chi connectivity index (χ4v) is 1.56. The molecule has 0 saturated carbocycles. The van der Waals surface area contributed by atoms with E-state index in [1.807, 2.05) is 13.2 Å². The van der Waals surface area contributed by atoms with Gasteiger partial charge in [0.25, 0.3) is 0 Å². The molecule has 5 heteroatoms. The lowest BCUT2D eigenvalue weighted by Crippen LogP contribution is -1.83. The van der Waals surface area contributed by atoms with Gasteiger partial charge >= 0.3 is 0 Å². The van der Waals surface area contributed by atoms with Crippen LogP contribution in [0.1, 0.15) is 5.82 Å². The molecule has 0 aliphatic carbocycles. The van der Waals surface area contributed by atoms with Gasteiger partial charge in [0, 0.05) is 0 Å². The first-order valence-corrected chi connectivity index (χ1v) is 4.75. The van der Waals surface area contributed by atoms with Gasteiger partial charge in [-0.2, -0.15) is 0 Å². The first-order chi connectivity index (χ1) is 5.81. The molecular formula is C7H8N4S. The first kappa shape index (κ1) is 7.54. The average Bonchev–Trinajstić information content (AvgIpc) is 2.44. The van der Waals surface area contributed by atoms with E-state index in [1.54, 1.807) is 18.1 Å². The number of hydrogen-bond donors (Lipinski definition) is 1. The van der Waals surface area contributed by atoms with Crippen molar-refractivity contribution < 1.29 is 0 Å². The van der Waals surface area contributed by atoms with E-state index < -0.39 is 0 Å². The lowest BCUT2D eigenvalue weighted by Gasteiger charge is -1.92. The minimum atomic E-state index is 0.812. The molecule has 0 bridgehead atoms. The van der Waals surface area contributed by atoms with Crippen LogP contribution in [-0.4, -0.2) is 26.2 Å². The minimum absolute atomic E-state index is 0.812. The number of nitrogens with zero attached hydrogens (tertiary/aromatic N) is 3. The van der Waals surface area contributed by atoms with E-state index in [4.69, 9.17) is 0 Å². The summed E-state index contributed by atoms with van der Waals surface area (Å²) in [6.45, 7) is 1.91. The van der Waals surface area contributed by atoms with Crippen molar-refractivity contribution in [3.63, 3.8) is 0 Å². The van der Waals surface area contributed by atoms with Gasteiger partial charge in [0.05, 0.1) is 0 Å². The number of imidazole rings is 1. The number of fused-ring (bicyclic) bond motifs is 1. The lowest BCUT2D eigenvalue weighted by atomic mass is 10.6. The zero-order valence-corrected chi connectivity index (χ0v) is 7.64. The zero-order valence-electron chi connectivity index (χ0n) is 6.83. The van der Waals surface area contributed by atoms with Crippen LogP contribution in [0, 0.1) is 6.92 Å². The zero-order chi connectivity index (χ0) is 8.55. The molecule has 0 saturated heterocycles. The van der Waals surface area contributed by atoms with Crippen LogP contribution in [-0.2, 0) is 0 Å². The number of H-pyrrole nitrogens is 1. The van der Waals surface area contributed by atoms with E-state index in [0.717, 1.165) is 22.0 Å². The summed E-state index contributed by atoms with van der Waals surface area (Å²) >= 11 is 1.58. The minimum Gasteiger partial charge on any atom is -0.327 e. The van der Waals surface area contributed by atoms with Gasteiger partial charge in [-0.25, -0.2) is 15.0 Å². The molecule has 0 radical (unpaired) electrons. The topological polar surface area (TPSA) is 54.5 Å². The van der Waals surface area contributed by atoms with Gasteiger partial charge in [-0.15, -0.1) is 11.8 Å². The number of nitrogens with one attached hydrogen (secondary N) is 1. The molecule has 0 unspecified atom stereocenters. The molecule has 2 heterocycles. The van der Waals surface area contributed by atoms with E-state index in [9.17, 15) is 0 Å². The molecule has 4 nitrogen and oxygen atoms in total. The smallest absolute Gasteiger partial charge is 0.161 e. The third-order valence-corrected chi connectivity index (χ3v) is 2.25. The molecule has 2 aromatic heterocycles. The molecule has 0 amide bonds. The van der Waals surface area contributed by atoms with E-state index in [-0.39, 0.29) is 0 Å². The monoisotopic (exact) mass is 180 g/mol. The summed E-state index contributed by atoms with van der Waals surface area (Å²) in [6, 6.07) is 0. The van der Waals surface area contributed by atoms with Crippen molar-refractivity contribution >= 4 is 22.9 Å². The van der Waals surface area contributed by atoms with E-state index in [2.05, 4.69) is 19.9 Å². The van der Waals surface area contributed by atoms with E-state index in [0.29, 0.717) is 0 Å². The molecule has 2 aromatic rings. The van der Waals surface area contributed by atoms with Crippen LogP contribution in [0.5, 0.6) is 0 Å². The van der Waals surface area contributed by atoms with E-state index in [1.165, 1.54) is 0 Å². The number of aromatic nitrogens is 4. The number of thioether (sulfide) groups is 1. The van der Waals surface area contributed by atoms with Gasteiger partial charge in [-0.1, -0.05) is 0 Å². The Hall–Kier alpha value is -1.10. The summed E-state index contributed by atoms with van der Waals surface area (Å²) in [5.74, 6) is 0.876. The second-order valence-electron chi connectivity index (χ2n) is 2.40. The van der Waals surface area contributed by atoms with Crippen molar-refractivity contribution in [1.29, 1.82) is 0 Å². The third-order valence-electron chi connectivity index (χ3n) is 1.56. The standard InChI is InChI=1S/C7H8N4S/c1-4-10-5-6(11-4)8-3-9-7(5)12-2/h3H,1-2H3,(H,8,9,10,11). The normalized spacial score (nSPS) is 10.8. The van der Waals surface area contributed by atoms with Crippen molar-refractivity contribution in [2.75, 3.05) is 6.26 Å². The van der Waals surface area contributed by atoms with Crippen LogP contribution in [0.25, 0.3) is 11.2 Å². The molecule has 2 rings (SSSR count). The Morgan fingerprint density at radius 1 is 1.42 bits per heavy atom. The highest BCUT2D eigenvalue weighted by atomic mass is 32.2. The fourth-order valence-electron chi connectivity index (χ4n) is 1.07.